The van der Waals surface area contributed by atoms with Gasteiger partial charge in [-0.25, -0.2) is 4.98 Å². The first-order chi connectivity index (χ1) is 7.31. The lowest BCUT2D eigenvalue weighted by atomic mass is 10.1. The maximum Gasteiger partial charge on any atom is 0.198 e. The first-order valence-electron chi connectivity index (χ1n) is 5.67. The van der Waals surface area contributed by atoms with Crippen LogP contribution in [0.25, 0.3) is 0 Å². The van der Waals surface area contributed by atoms with E-state index in [1.165, 1.54) is 24.1 Å². The molecule has 0 radical (unpaired) electrons. The summed E-state index contributed by atoms with van der Waals surface area (Å²) in [6.07, 6.45) is 5.78. The number of aromatic amines is 1. The van der Waals surface area contributed by atoms with Gasteiger partial charge in [0.1, 0.15) is 5.82 Å². The molecule has 0 bridgehead atoms. The van der Waals surface area contributed by atoms with E-state index in [0.717, 1.165) is 31.6 Å². The Kier molecular flexibility index (Phi) is 3.36. The van der Waals surface area contributed by atoms with Crippen LogP contribution in [0.1, 0.15) is 37.4 Å². The third-order valence-electron chi connectivity index (χ3n) is 2.77. The molecule has 0 unspecified atom stereocenters. The molecule has 1 aliphatic heterocycles. The van der Waals surface area contributed by atoms with Crippen molar-refractivity contribution in [1.29, 1.82) is 0 Å². The summed E-state index contributed by atoms with van der Waals surface area (Å²) in [7, 11) is 0. The molecular weight excluding hydrogens is 206 g/mol. The van der Waals surface area contributed by atoms with Crippen LogP contribution in [0.2, 0.25) is 0 Å². The van der Waals surface area contributed by atoms with E-state index in [1.807, 2.05) is 0 Å². The first-order valence-corrected chi connectivity index (χ1v) is 6.08. The van der Waals surface area contributed by atoms with Crippen LogP contribution in [0.15, 0.2) is 0 Å². The fraction of sp³-hybridized carbons (Fsp3) is 0.636. The second-order valence-corrected chi connectivity index (χ2v) is 4.37. The van der Waals surface area contributed by atoms with Crippen LogP contribution in [0, 0.1) is 4.77 Å². The van der Waals surface area contributed by atoms with Gasteiger partial charge in [-0.2, -0.15) is 0 Å². The summed E-state index contributed by atoms with van der Waals surface area (Å²) in [6.45, 7) is 3.21. The van der Waals surface area contributed by atoms with Crippen LogP contribution < -0.4 is 5.32 Å². The van der Waals surface area contributed by atoms with Crippen molar-refractivity contribution < 1.29 is 0 Å². The maximum atomic E-state index is 5.14. The number of nitrogens with one attached hydrogen (secondary N) is 2. The Morgan fingerprint density at radius 2 is 2.27 bits per heavy atom. The molecule has 0 aliphatic carbocycles. The van der Waals surface area contributed by atoms with E-state index < -0.39 is 0 Å². The highest BCUT2D eigenvalue weighted by Gasteiger charge is 2.12. The van der Waals surface area contributed by atoms with E-state index in [1.54, 1.807) is 0 Å². The number of H-pyrrole nitrogens is 1. The molecule has 0 fully saturated rings. The average Bonchev–Trinajstić information content (AvgIpc) is 2.43. The highest BCUT2D eigenvalue weighted by Crippen LogP contribution is 2.22. The average molecular weight is 223 g/mol. The standard InChI is InChI=1S/C11H17N3S/c1-2-5-9-8-6-3-4-7-12-10(8)14-11(15)13-9/h2-7H2,1H3,(H2,12,13,14,15). The maximum absolute atomic E-state index is 5.14. The van der Waals surface area contributed by atoms with Crippen LogP contribution in [-0.2, 0) is 12.8 Å². The summed E-state index contributed by atoms with van der Waals surface area (Å²) in [5, 5.41) is 3.37. The molecule has 2 N–H and O–H groups in total. The van der Waals surface area contributed by atoms with Crippen molar-refractivity contribution in [3.63, 3.8) is 0 Å². The molecule has 4 heteroatoms. The second kappa shape index (κ2) is 4.75. The lowest BCUT2D eigenvalue weighted by Gasteiger charge is -2.11. The van der Waals surface area contributed by atoms with Crippen LogP contribution in [-0.4, -0.2) is 16.5 Å². The van der Waals surface area contributed by atoms with Crippen LogP contribution in [0.5, 0.6) is 0 Å². The molecule has 0 saturated carbocycles. The molecule has 0 atom stereocenters. The smallest absolute Gasteiger partial charge is 0.198 e. The zero-order valence-corrected chi connectivity index (χ0v) is 9.91. The van der Waals surface area contributed by atoms with Gasteiger partial charge in [-0.1, -0.05) is 13.3 Å². The molecule has 82 valence electrons. The Balaban J connectivity index is 2.45. The number of nitrogens with zero attached hydrogens (tertiary/aromatic N) is 1. The lowest BCUT2D eigenvalue weighted by molar-refractivity contribution is 0.767. The molecule has 2 heterocycles. The van der Waals surface area contributed by atoms with Gasteiger partial charge < -0.3 is 10.3 Å². The fourth-order valence-corrected chi connectivity index (χ4v) is 2.27. The largest absolute Gasteiger partial charge is 0.370 e. The van der Waals surface area contributed by atoms with Crippen molar-refractivity contribution in [3.8, 4) is 0 Å². The van der Waals surface area contributed by atoms with Gasteiger partial charge in [0.15, 0.2) is 4.77 Å². The van der Waals surface area contributed by atoms with Crippen LogP contribution >= 0.6 is 12.2 Å². The summed E-state index contributed by atoms with van der Waals surface area (Å²) in [5.41, 5.74) is 2.63. The molecule has 0 spiro atoms. The number of fused-ring (bicyclic) bond motifs is 1. The minimum absolute atomic E-state index is 0.603. The van der Waals surface area contributed by atoms with Crippen molar-refractivity contribution in [3.05, 3.63) is 16.0 Å². The Morgan fingerprint density at radius 1 is 1.40 bits per heavy atom. The second-order valence-electron chi connectivity index (χ2n) is 3.98. The van der Waals surface area contributed by atoms with E-state index in [4.69, 9.17) is 12.2 Å². The van der Waals surface area contributed by atoms with E-state index >= 15 is 0 Å². The van der Waals surface area contributed by atoms with E-state index in [2.05, 4.69) is 22.2 Å². The SMILES string of the molecule is CCCc1[nH]c(=S)nc2c1CCCCN2. The van der Waals surface area contributed by atoms with Gasteiger partial charge in [-0.15, -0.1) is 0 Å². The third kappa shape index (κ3) is 2.37. The minimum Gasteiger partial charge on any atom is -0.370 e. The summed E-state index contributed by atoms with van der Waals surface area (Å²) in [5.74, 6) is 1.01. The molecule has 2 rings (SSSR count). The van der Waals surface area contributed by atoms with Gasteiger partial charge in [-0.05, 0) is 37.9 Å². The van der Waals surface area contributed by atoms with E-state index in [0.29, 0.717) is 4.77 Å². The summed E-state index contributed by atoms with van der Waals surface area (Å²) in [6, 6.07) is 0. The zero-order valence-electron chi connectivity index (χ0n) is 9.10. The lowest BCUT2D eigenvalue weighted by Crippen LogP contribution is -2.06. The van der Waals surface area contributed by atoms with Crippen molar-refractivity contribution in [2.24, 2.45) is 0 Å². The Hall–Kier alpha value is -0.900. The Labute approximate surface area is 95.3 Å². The molecule has 0 aromatic carbocycles. The highest BCUT2D eigenvalue weighted by atomic mass is 32.1. The number of hydrogen-bond donors (Lipinski definition) is 2. The number of aryl methyl sites for hydroxylation is 1. The van der Waals surface area contributed by atoms with Gasteiger partial charge >= 0.3 is 0 Å². The Morgan fingerprint density at radius 3 is 3.07 bits per heavy atom. The van der Waals surface area contributed by atoms with Gasteiger partial charge in [0.25, 0.3) is 0 Å². The predicted molar refractivity (Wildman–Crippen MR) is 64.8 cm³/mol. The van der Waals surface area contributed by atoms with Gasteiger partial charge in [-0.3, -0.25) is 0 Å². The van der Waals surface area contributed by atoms with Gasteiger partial charge in [0, 0.05) is 17.8 Å². The molecule has 1 aromatic heterocycles. The number of aromatic nitrogens is 2. The molecule has 15 heavy (non-hydrogen) atoms. The topological polar surface area (TPSA) is 40.7 Å². The molecular formula is C11H17N3S. The normalized spacial score (nSPS) is 15.3. The molecule has 1 aromatic rings. The van der Waals surface area contributed by atoms with E-state index in [-0.39, 0.29) is 0 Å². The number of rotatable bonds is 2. The highest BCUT2D eigenvalue weighted by molar-refractivity contribution is 7.71. The zero-order chi connectivity index (χ0) is 10.7. The molecule has 1 aliphatic rings. The van der Waals surface area contributed by atoms with Crippen molar-refractivity contribution >= 4 is 18.0 Å². The van der Waals surface area contributed by atoms with Crippen molar-refractivity contribution in [2.45, 2.75) is 39.0 Å². The van der Waals surface area contributed by atoms with Gasteiger partial charge in [0.2, 0.25) is 0 Å². The van der Waals surface area contributed by atoms with Crippen molar-refractivity contribution in [2.75, 3.05) is 11.9 Å². The first kappa shape index (κ1) is 10.6. The Bertz CT molecular complexity index is 397. The number of hydrogen-bond acceptors (Lipinski definition) is 3. The summed E-state index contributed by atoms with van der Waals surface area (Å²) >= 11 is 5.14. The van der Waals surface area contributed by atoms with Gasteiger partial charge in [0.05, 0.1) is 0 Å². The summed E-state index contributed by atoms with van der Waals surface area (Å²) < 4.78 is 0.603. The molecule has 0 amide bonds. The van der Waals surface area contributed by atoms with Crippen LogP contribution in [0.4, 0.5) is 5.82 Å². The minimum atomic E-state index is 0.603. The molecule has 3 nitrogen and oxygen atoms in total. The monoisotopic (exact) mass is 223 g/mol. The number of anilines is 1. The van der Waals surface area contributed by atoms with Crippen LogP contribution in [0.3, 0.4) is 0 Å². The molecule has 0 saturated heterocycles. The fourth-order valence-electron chi connectivity index (χ4n) is 2.06. The van der Waals surface area contributed by atoms with E-state index in [9.17, 15) is 0 Å². The summed E-state index contributed by atoms with van der Waals surface area (Å²) in [4.78, 5) is 7.59. The predicted octanol–water partition coefficient (Wildman–Crippen LogP) is 2.84. The third-order valence-corrected chi connectivity index (χ3v) is 2.96. The quantitative estimate of drug-likeness (QED) is 0.757. The van der Waals surface area contributed by atoms with Crippen molar-refractivity contribution in [1.82, 2.24) is 9.97 Å².